The van der Waals surface area contributed by atoms with E-state index in [0.717, 1.165) is 25.7 Å². The third kappa shape index (κ3) is 13.7. The van der Waals surface area contributed by atoms with Crippen LogP contribution < -0.4 is 0 Å². The number of rotatable bonds is 19. The van der Waals surface area contributed by atoms with Gasteiger partial charge in [-0.1, -0.05) is 155 Å². The van der Waals surface area contributed by atoms with Crippen LogP contribution in [0.1, 0.15) is 151 Å². The van der Waals surface area contributed by atoms with Crippen molar-refractivity contribution in [1.82, 2.24) is 0 Å². The van der Waals surface area contributed by atoms with Crippen molar-refractivity contribution in [2.45, 2.75) is 157 Å². The smallest absolute Gasteiger partial charge is 0.312 e. The molecule has 3 unspecified atom stereocenters. The van der Waals surface area contributed by atoms with Crippen molar-refractivity contribution in [3.63, 3.8) is 0 Å². The predicted molar refractivity (Wildman–Crippen MR) is 150 cm³/mol. The van der Waals surface area contributed by atoms with Crippen molar-refractivity contribution < 1.29 is 14.6 Å². The lowest BCUT2D eigenvalue weighted by Crippen LogP contribution is -2.39. The first-order valence-electron chi connectivity index (χ1n) is 14.8. The SMILES string of the molecule is CCCCCCCCCCCCCCCCCC(C(=O)OC(O)C(C)(C)C)C1(C)C=CC=C(C)C1. The maximum Gasteiger partial charge on any atom is 0.312 e. The number of hydrogen-bond donors (Lipinski definition) is 1. The van der Waals surface area contributed by atoms with Crippen LogP contribution in [0.4, 0.5) is 0 Å². The van der Waals surface area contributed by atoms with E-state index >= 15 is 0 Å². The summed E-state index contributed by atoms with van der Waals surface area (Å²) >= 11 is 0. The second-order valence-corrected chi connectivity index (χ2v) is 12.5. The topological polar surface area (TPSA) is 46.5 Å². The number of ether oxygens (including phenoxy) is 1. The van der Waals surface area contributed by atoms with Crippen LogP contribution in [0.5, 0.6) is 0 Å². The van der Waals surface area contributed by atoms with Gasteiger partial charge in [0.05, 0.1) is 5.92 Å². The van der Waals surface area contributed by atoms with E-state index in [1.807, 2.05) is 20.8 Å². The Morgan fingerprint density at radius 3 is 1.80 bits per heavy atom. The third-order valence-corrected chi connectivity index (χ3v) is 7.66. The van der Waals surface area contributed by atoms with Gasteiger partial charge >= 0.3 is 5.97 Å². The van der Waals surface area contributed by atoms with E-state index in [9.17, 15) is 9.90 Å². The number of carbonyl (C=O) groups excluding carboxylic acids is 1. The van der Waals surface area contributed by atoms with Crippen LogP contribution in [-0.2, 0) is 9.53 Å². The number of hydrogen-bond acceptors (Lipinski definition) is 3. The molecule has 0 aromatic heterocycles. The summed E-state index contributed by atoms with van der Waals surface area (Å²) < 4.78 is 5.57. The summed E-state index contributed by atoms with van der Waals surface area (Å²) in [4.78, 5) is 13.2. The van der Waals surface area contributed by atoms with Gasteiger partial charge in [-0.05, 0) is 19.8 Å². The average molecular weight is 491 g/mol. The average Bonchev–Trinajstić information content (AvgIpc) is 2.77. The summed E-state index contributed by atoms with van der Waals surface area (Å²) in [7, 11) is 0. The standard InChI is InChI=1S/C32H58O3/c1-7-8-9-10-11-12-13-14-15-16-17-18-19-20-21-24-28(29(33)35-30(34)31(3,4)5)32(6)25-22-23-27(2)26-32/h22-23,25,28,30,34H,7-21,24,26H2,1-6H3. The molecule has 0 spiro atoms. The highest BCUT2D eigenvalue weighted by Gasteiger charge is 2.40. The molecule has 0 aromatic carbocycles. The van der Waals surface area contributed by atoms with Crippen LogP contribution in [0.25, 0.3) is 0 Å². The number of carbonyl (C=O) groups is 1. The minimum atomic E-state index is -1.08. The molecule has 0 amide bonds. The van der Waals surface area contributed by atoms with E-state index in [4.69, 9.17) is 4.74 Å². The van der Waals surface area contributed by atoms with Gasteiger partial charge in [0.2, 0.25) is 6.29 Å². The summed E-state index contributed by atoms with van der Waals surface area (Å²) in [5, 5.41) is 10.4. The quantitative estimate of drug-likeness (QED) is 0.111. The molecule has 3 nitrogen and oxygen atoms in total. The van der Waals surface area contributed by atoms with Crippen LogP contribution in [0.2, 0.25) is 0 Å². The largest absolute Gasteiger partial charge is 0.435 e. The molecule has 3 heteroatoms. The predicted octanol–water partition coefficient (Wildman–Crippen LogP) is 9.68. The van der Waals surface area contributed by atoms with Gasteiger partial charge in [-0.3, -0.25) is 4.79 Å². The van der Waals surface area contributed by atoms with Gasteiger partial charge in [-0.25, -0.2) is 0 Å². The number of unbranched alkanes of at least 4 members (excludes halogenated alkanes) is 14. The molecule has 1 rings (SSSR count). The number of aliphatic hydroxyl groups is 1. The molecular formula is C32H58O3. The highest BCUT2D eigenvalue weighted by Crippen LogP contribution is 2.42. The Morgan fingerprint density at radius 2 is 1.37 bits per heavy atom. The normalized spacial score (nSPS) is 19.9. The Hall–Kier alpha value is -1.09. The minimum Gasteiger partial charge on any atom is -0.435 e. The van der Waals surface area contributed by atoms with Crippen molar-refractivity contribution in [3.8, 4) is 0 Å². The van der Waals surface area contributed by atoms with Gasteiger partial charge < -0.3 is 9.84 Å². The monoisotopic (exact) mass is 490 g/mol. The fourth-order valence-corrected chi connectivity index (χ4v) is 5.20. The highest BCUT2D eigenvalue weighted by atomic mass is 16.6. The molecule has 0 aliphatic heterocycles. The maximum atomic E-state index is 13.2. The molecule has 0 saturated carbocycles. The van der Waals surface area contributed by atoms with Crippen LogP contribution in [-0.4, -0.2) is 17.4 Å². The van der Waals surface area contributed by atoms with Crippen LogP contribution in [0, 0.1) is 16.7 Å². The Balaban J connectivity index is 2.29. The summed E-state index contributed by atoms with van der Waals surface area (Å²) in [6, 6.07) is 0. The summed E-state index contributed by atoms with van der Waals surface area (Å²) in [5.41, 5.74) is 0.568. The molecule has 35 heavy (non-hydrogen) atoms. The molecule has 0 bridgehead atoms. The van der Waals surface area contributed by atoms with Crippen molar-refractivity contribution in [1.29, 1.82) is 0 Å². The lowest BCUT2D eigenvalue weighted by atomic mass is 9.69. The molecule has 3 atom stereocenters. The molecular weight excluding hydrogens is 432 g/mol. The van der Waals surface area contributed by atoms with Crippen molar-refractivity contribution in [3.05, 3.63) is 23.8 Å². The van der Waals surface area contributed by atoms with Crippen LogP contribution in [0.15, 0.2) is 23.8 Å². The summed E-state index contributed by atoms with van der Waals surface area (Å²) in [6.45, 7) is 12.3. The first-order chi connectivity index (χ1) is 16.6. The number of aliphatic hydroxyl groups excluding tert-OH is 1. The lowest BCUT2D eigenvalue weighted by Gasteiger charge is -2.37. The molecule has 204 valence electrons. The molecule has 0 radical (unpaired) electrons. The van der Waals surface area contributed by atoms with Crippen molar-refractivity contribution >= 4 is 5.97 Å². The fraction of sp³-hybridized carbons (Fsp3) is 0.844. The van der Waals surface area contributed by atoms with E-state index in [-0.39, 0.29) is 17.3 Å². The zero-order valence-electron chi connectivity index (χ0n) is 24.2. The van der Waals surface area contributed by atoms with E-state index in [0.29, 0.717) is 0 Å². The number of allylic oxidation sites excluding steroid dienone is 4. The molecule has 0 heterocycles. The van der Waals surface area contributed by atoms with Gasteiger partial charge in [-0.2, -0.15) is 0 Å². The Labute approximate surface area is 218 Å². The second-order valence-electron chi connectivity index (χ2n) is 12.5. The Bertz CT molecular complexity index is 627. The summed E-state index contributed by atoms with van der Waals surface area (Å²) in [6.07, 6.45) is 27.1. The molecule has 1 aliphatic carbocycles. The second kappa shape index (κ2) is 17.4. The van der Waals surface area contributed by atoms with E-state index in [2.05, 4.69) is 39.0 Å². The first kappa shape index (κ1) is 31.9. The Kier molecular flexibility index (Phi) is 15.9. The molecule has 1 aliphatic rings. The first-order valence-corrected chi connectivity index (χ1v) is 14.8. The van der Waals surface area contributed by atoms with Gasteiger partial charge in [0.25, 0.3) is 0 Å². The minimum absolute atomic E-state index is 0.221. The lowest BCUT2D eigenvalue weighted by molar-refractivity contribution is -0.194. The van der Waals surface area contributed by atoms with Crippen molar-refractivity contribution in [2.75, 3.05) is 0 Å². The highest BCUT2D eigenvalue weighted by molar-refractivity contribution is 5.74. The zero-order chi connectivity index (χ0) is 26.2. The van der Waals surface area contributed by atoms with E-state index < -0.39 is 11.7 Å². The van der Waals surface area contributed by atoms with E-state index in [1.54, 1.807) is 0 Å². The van der Waals surface area contributed by atoms with Crippen LogP contribution in [0.3, 0.4) is 0 Å². The zero-order valence-corrected chi connectivity index (χ0v) is 24.2. The van der Waals surface area contributed by atoms with Gasteiger partial charge in [0.1, 0.15) is 0 Å². The van der Waals surface area contributed by atoms with Crippen molar-refractivity contribution in [2.24, 2.45) is 16.7 Å². The molecule has 0 saturated heterocycles. The van der Waals surface area contributed by atoms with Gasteiger partial charge in [0.15, 0.2) is 0 Å². The van der Waals surface area contributed by atoms with Gasteiger partial charge in [-0.15, -0.1) is 0 Å². The summed E-state index contributed by atoms with van der Waals surface area (Å²) in [5.74, 6) is -0.471. The maximum absolute atomic E-state index is 13.2. The fourth-order valence-electron chi connectivity index (χ4n) is 5.20. The number of esters is 1. The molecule has 0 aromatic rings. The molecule has 1 N–H and O–H groups in total. The molecule has 0 fully saturated rings. The van der Waals surface area contributed by atoms with E-state index in [1.165, 1.54) is 89.0 Å². The van der Waals surface area contributed by atoms with Crippen LogP contribution >= 0.6 is 0 Å². The third-order valence-electron chi connectivity index (χ3n) is 7.66. The van der Waals surface area contributed by atoms with Gasteiger partial charge in [0, 0.05) is 10.8 Å². The Morgan fingerprint density at radius 1 is 0.914 bits per heavy atom.